The number of H-pyrrole nitrogens is 1. The lowest BCUT2D eigenvalue weighted by atomic mass is 10.3. The summed E-state index contributed by atoms with van der Waals surface area (Å²) < 4.78 is 5.56. The molecule has 94 valence electrons. The first kappa shape index (κ1) is 12.2. The second-order valence-corrected chi connectivity index (χ2v) is 4.14. The maximum Gasteiger partial charge on any atom is 0.328 e. The molecule has 18 heavy (non-hydrogen) atoms. The fourth-order valence-corrected chi connectivity index (χ4v) is 1.58. The highest BCUT2D eigenvalue weighted by Gasteiger charge is 2.04. The van der Waals surface area contributed by atoms with E-state index in [0.717, 1.165) is 22.9 Å². The number of aliphatic carboxylic acids is 1. The lowest BCUT2D eigenvalue weighted by Gasteiger charge is -2.08. The number of fused-ring (bicyclic) bond motifs is 1. The summed E-state index contributed by atoms with van der Waals surface area (Å²) in [6.07, 6.45) is 2.57. The molecular formula is C13H14N2O3. The maximum absolute atomic E-state index is 10.4. The summed E-state index contributed by atoms with van der Waals surface area (Å²) in [6, 6.07) is 5.54. The fourth-order valence-electron chi connectivity index (χ4n) is 1.58. The van der Waals surface area contributed by atoms with Crippen LogP contribution in [-0.4, -0.2) is 27.1 Å². The molecule has 2 rings (SSSR count). The number of carboxylic acid groups (broad SMARTS) is 1. The number of ether oxygens (including phenoxy) is 1. The molecule has 1 heterocycles. The van der Waals surface area contributed by atoms with Gasteiger partial charge in [-0.15, -0.1) is 0 Å². The van der Waals surface area contributed by atoms with Crippen molar-refractivity contribution in [2.24, 2.45) is 0 Å². The van der Waals surface area contributed by atoms with Crippen molar-refractivity contribution in [3.05, 3.63) is 30.1 Å². The fraction of sp³-hybridized carbons (Fsp3) is 0.231. The van der Waals surface area contributed by atoms with Crippen molar-refractivity contribution >= 4 is 23.1 Å². The smallest absolute Gasteiger partial charge is 0.328 e. The Hall–Kier alpha value is -2.30. The Morgan fingerprint density at radius 1 is 1.50 bits per heavy atom. The molecule has 2 aromatic rings. The van der Waals surface area contributed by atoms with Gasteiger partial charge in [0.05, 0.1) is 17.1 Å². The summed E-state index contributed by atoms with van der Waals surface area (Å²) in [5.74, 6) is 0.256. The molecule has 0 saturated carbocycles. The topological polar surface area (TPSA) is 75.2 Å². The predicted molar refractivity (Wildman–Crippen MR) is 68.5 cm³/mol. The highest BCUT2D eigenvalue weighted by molar-refractivity contribution is 5.86. The molecule has 2 N–H and O–H groups in total. The molecule has 0 radical (unpaired) electrons. The quantitative estimate of drug-likeness (QED) is 0.812. The van der Waals surface area contributed by atoms with Gasteiger partial charge in [0, 0.05) is 12.1 Å². The van der Waals surface area contributed by atoms with Crippen molar-refractivity contribution in [1.82, 2.24) is 9.97 Å². The minimum atomic E-state index is -1.00. The molecule has 0 bridgehead atoms. The number of nitrogens with one attached hydrogen (secondary N) is 1. The Morgan fingerprint density at radius 3 is 2.94 bits per heavy atom. The third-order valence-electron chi connectivity index (χ3n) is 2.23. The van der Waals surface area contributed by atoms with Crippen LogP contribution in [0.2, 0.25) is 0 Å². The number of nitrogens with zero attached hydrogens (tertiary/aromatic N) is 1. The van der Waals surface area contributed by atoms with E-state index in [1.165, 1.54) is 6.08 Å². The van der Waals surface area contributed by atoms with E-state index in [-0.39, 0.29) is 6.10 Å². The van der Waals surface area contributed by atoms with Crippen LogP contribution < -0.4 is 4.74 Å². The summed E-state index contributed by atoms with van der Waals surface area (Å²) in [5.41, 5.74) is 1.59. The minimum absolute atomic E-state index is 0.104. The standard InChI is InChI=1S/C13H14N2O3/c1-8(2)18-9-3-4-10-11(7-9)15-12(14-10)5-6-13(16)17/h3-8H,1-2H3,(H,14,15)(H,16,17). The zero-order valence-corrected chi connectivity index (χ0v) is 10.2. The van der Waals surface area contributed by atoms with Crippen LogP contribution in [-0.2, 0) is 4.79 Å². The van der Waals surface area contributed by atoms with Gasteiger partial charge in [-0.2, -0.15) is 0 Å². The molecule has 0 atom stereocenters. The lowest BCUT2D eigenvalue weighted by Crippen LogP contribution is -2.05. The van der Waals surface area contributed by atoms with Crippen molar-refractivity contribution in [2.45, 2.75) is 20.0 Å². The molecule has 0 fully saturated rings. The number of carboxylic acids is 1. The van der Waals surface area contributed by atoms with Crippen molar-refractivity contribution in [1.29, 1.82) is 0 Å². The average Bonchev–Trinajstić information content (AvgIpc) is 2.67. The van der Waals surface area contributed by atoms with Crippen LogP contribution in [0.3, 0.4) is 0 Å². The van der Waals surface area contributed by atoms with Crippen LogP contribution in [0, 0.1) is 0 Å². The highest BCUT2D eigenvalue weighted by Crippen LogP contribution is 2.20. The first-order valence-corrected chi connectivity index (χ1v) is 5.62. The molecular weight excluding hydrogens is 232 g/mol. The number of hydrogen-bond acceptors (Lipinski definition) is 3. The number of benzene rings is 1. The number of imidazole rings is 1. The first-order chi connectivity index (χ1) is 8.54. The zero-order chi connectivity index (χ0) is 13.1. The van der Waals surface area contributed by atoms with E-state index in [1.54, 1.807) is 0 Å². The summed E-state index contributed by atoms with van der Waals surface area (Å²) in [7, 11) is 0. The molecule has 0 saturated heterocycles. The molecule has 0 amide bonds. The Balaban J connectivity index is 2.30. The van der Waals surface area contributed by atoms with Gasteiger partial charge in [0.25, 0.3) is 0 Å². The van der Waals surface area contributed by atoms with Gasteiger partial charge in [0.1, 0.15) is 11.6 Å². The summed E-state index contributed by atoms with van der Waals surface area (Å²) >= 11 is 0. The van der Waals surface area contributed by atoms with Gasteiger partial charge in [-0.3, -0.25) is 0 Å². The first-order valence-electron chi connectivity index (χ1n) is 5.62. The lowest BCUT2D eigenvalue weighted by molar-refractivity contribution is -0.131. The molecule has 1 aromatic heterocycles. The normalized spacial score (nSPS) is 11.5. The molecule has 0 aliphatic carbocycles. The third-order valence-corrected chi connectivity index (χ3v) is 2.23. The summed E-state index contributed by atoms with van der Waals surface area (Å²) in [6.45, 7) is 3.91. The highest BCUT2D eigenvalue weighted by atomic mass is 16.5. The Kier molecular flexibility index (Phi) is 3.32. The molecule has 0 unspecified atom stereocenters. The predicted octanol–water partition coefficient (Wildman–Crippen LogP) is 2.45. The molecule has 0 aliphatic heterocycles. The Bertz CT molecular complexity index is 599. The second-order valence-electron chi connectivity index (χ2n) is 4.14. The van der Waals surface area contributed by atoms with Crippen LogP contribution in [0.15, 0.2) is 24.3 Å². The van der Waals surface area contributed by atoms with Crippen LogP contribution in [0.5, 0.6) is 5.75 Å². The Morgan fingerprint density at radius 2 is 2.28 bits per heavy atom. The van der Waals surface area contributed by atoms with Crippen molar-refractivity contribution in [3.63, 3.8) is 0 Å². The van der Waals surface area contributed by atoms with E-state index in [9.17, 15) is 4.79 Å². The van der Waals surface area contributed by atoms with E-state index in [1.807, 2.05) is 32.0 Å². The summed E-state index contributed by atoms with van der Waals surface area (Å²) in [5, 5.41) is 8.54. The van der Waals surface area contributed by atoms with Gasteiger partial charge in [-0.1, -0.05) is 0 Å². The van der Waals surface area contributed by atoms with Crippen molar-refractivity contribution in [2.75, 3.05) is 0 Å². The second kappa shape index (κ2) is 4.91. The van der Waals surface area contributed by atoms with Crippen LogP contribution in [0.4, 0.5) is 0 Å². The number of aromatic nitrogens is 2. The van der Waals surface area contributed by atoms with Crippen molar-refractivity contribution in [3.8, 4) is 5.75 Å². The largest absolute Gasteiger partial charge is 0.491 e. The SMILES string of the molecule is CC(C)Oc1ccc2[nH]c(C=CC(=O)O)nc2c1. The molecule has 0 aliphatic rings. The molecule has 5 heteroatoms. The van der Waals surface area contributed by atoms with Gasteiger partial charge in [-0.05, 0) is 32.1 Å². The van der Waals surface area contributed by atoms with E-state index in [2.05, 4.69) is 9.97 Å². The monoisotopic (exact) mass is 246 g/mol. The van der Waals surface area contributed by atoms with Gasteiger partial charge in [0.15, 0.2) is 0 Å². The average molecular weight is 246 g/mol. The number of rotatable bonds is 4. The number of hydrogen-bond donors (Lipinski definition) is 2. The third kappa shape index (κ3) is 2.88. The number of aromatic amines is 1. The number of carbonyl (C=O) groups is 1. The van der Waals surface area contributed by atoms with E-state index >= 15 is 0 Å². The van der Waals surface area contributed by atoms with E-state index < -0.39 is 5.97 Å². The van der Waals surface area contributed by atoms with Gasteiger partial charge in [0.2, 0.25) is 0 Å². The van der Waals surface area contributed by atoms with Crippen LogP contribution >= 0.6 is 0 Å². The van der Waals surface area contributed by atoms with Crippen LogP contribution in [0.25, 0.3) is 17.1 Å². The van der Waals surface area contributed by atoms with E-state index in [4.69, 9.17) is 9.84 Å². The van der Waals surface area contributed by atoms with E-state index in [0.29, 0.717) is 5.82 Å². The van der Waals surface area contributed by atoms with Gasteiger partial charge < -0.3 is 14.8 Å². The molecule has 0 spiro atoms. The summed E-state index contributed by atoms with van der Waals surface area (Å²) in [4.78, 5) is 17.7. The van der Waals surface area contributed by atoms with Gasteiger partial charge >= 0.3 is 5.97 Å². The molecule has 1 aromatic carbocycles. The van der Waals surface area contributed by atoms with Crippen molar-refractivity contribution < 1.29 is 14.6 Å². The molecule has 5 nitrogen and oxygen atoms in total. The zero-order valence-electron chi connectivity index (χ0n) is 10.2. The minimum Gasteiger partial charge on any atom is -0.491 e. The Labute approximate surface area is 104 Å². The van der Waals surface area contributed by atoms with Crippen LogP contribution in [0.1, 0.15) is 19.7 Å². The maximum atomic E-state index is 10.4. The van der Waals surface area contributed by atoms with Gasteiger partial charge in [-0.25, -0.2) is 9.78 Å².